The molecule has 0 aliphatic carbocycles. The summed E-state index contributed by atoms with van der Waals surface area (Å²) in [7, 11) is 3.60. The number of halogens is 1. The SMILES string of the molecule is CN=C(NCCc1cc(C)cc(C)c1)N1CCC(OCCCOC)CC1.I. The molecule has 2 rings (SSSR count). The fourth-order valence-electron chi connectivity index (χ4n) is 3.55. The zero-order chi connectivity index (χ0) is 18.8. The monoisotopic (exact) mass is 489 g/mol. The number of likely N-dealkylation sites (tertiary alicyclic amines) is 1. The Hall–Kier alpha value is -0.860. The number of rotatable bonds is 8. The number of nitrogens with zero attached hydrogens (tertiary/aromatic N) is 2. The fourth-order valence-corrected chi connectivity index (χ4v) is 3.55. The zero-order valence-corrected chi connectivity index (χ0v) is 19.6. The van der Waals surface area contributed by atoms with Crippen molar-refractivity contribution in [2.75, 3.05) is 47.0 Å². The van der Waals surface area contributed by atoms with Crippen molar-refractivity contribution in [1.82, 2.24) is 10.2 Å². The van der Waals surface area contributed by atoms with Gasteiger partial charge < -0.3 is 19.7 Å². The Bertz CT molecular complexity index is 552. The van der Waals surface area contributed by atoms with Crippen LogP contribution in [0.1, 0.15) is 36.0 Å². The van der Waals surface area contributed by atoms with Crippen LogP contribution in [0, 0.1) is 13.8 Å². The van der Waals surface area contributed by atoms with E-state index in [4.69, 9.17) is 9.47 Å². The highest BCUT2D eigenvalue weighted by atomic mass is 127. The molecule has 0 bridgehead atoms. The summed E-state index contributed by atoms with van der Waals surface area (Å²) in [5.41, 5.74) is 4.04. The molecule has 1 aromatic rings. The van der Waals surface area contributed by atoms with Gasteiger partial charge in [-0.05, 0) is 45.1 Å². The van der Waals surface area contributed by atoms with Crippen LogP contribution in [0.4, 0.5) is 0 Å². The summed E-state index contributed by atoms with van der Waals surface area (Å²) < 4.78 is 11.0. The molecule has 1 fully saturated rings. The van der Waals surface area contributed by atoms with E-state index in [2.05, 4.69) is 47.3 Å². The van der Waals surface area contributed by atoms with Crippen LogP contribution in [-0.2, 0) is 15.9 Å². The Kier molecular flexibility index (Phi) is 11.9. The van der Waals surface area contributed by atoms with Gasteiger partial charge in [0.25, 0.3) is 0 Å². The molecule has 1 saturated heterocycles. The van der Waals surface area contributed by atoms with E-state index in [0.717, 1.165) is 64.5 Å². The average Bonchev–Trinajstić information content (AvgIpc) is 2.62. The molecule has 1 aliphatic heterocycles. The maximum Gasteiger partial charge on any atom is 0.193 e. The standard InChI is InChI=1S/C21H35N3O2.HI/c1-17-14-18(2)16-19(15-17)6-9-23-21(22-3)24-10-7-20(8-11-24)26-13-5-12-25-4;/h14-16,20H,5-13H2,1-4H3,(H,22,23);1H. The number of piperidine rings is 1. The van der Waals surface area contributed by atoms with Crippen molar-refractivity contribution in [2.24, 2.45) is 4.99 Å². The van der Waals surface area contributed by atoms with Gasteiger partial charge in [0.1, 0.15) is 0 Å². The van der Waals surface area contributed by atoms with Gasteiger partial charge in [0.15, 0.2) is 5.96 Å². The van der Waals surface area contributed by atoms with Gasteiger partial charge in [-0.1, -0.05) is 29.3 Å². The Labute approximate surface area is 181 Å². The molecule has 0 unspecified atom stereocenters. The first-order valence-electron chi connectivity index (χ1n) is 9.75. The Balaban J connectivity index is 0.00000364. The van der Waals surface area contributed by atoms with Gasteiger partial charge >= 0.3 is 0 Å². The lowest BCUT2D eigenvalue weighted by Gasteiger charge is -2.34. The number of nitrogens with one attached hydrogen (secondary N) is 1. The zero-order valence-electron chi connectivity index (χ0n) is 17.3. The number of aliphatic imine (C=N–C) groups is 1. The van der Waals surface area contributed by atoms with Gasteiger partial charge in [0.05, 0.1) is 6.10 Å². The largest absolute Gasteiger partial charge is 0.385 e. The summed E-state index contributed by atoms with van der Waals surface area (Å²) in [4.78, 5) is 6.81. The van der Waals surface area contributed by atoms with Gasteiger partial charge in [-0.15, -0.1) is 24.0 Å². The lowest BCUT2D eigenvalue weighted by molar-refractivity contribution is 0.00992. The first-order valence-corrected chi connectivity index (χ1v) is 9.75. The Morgan fingerprint density at radius 1 is 1.15 bits per heavy atom. The highest BCUT2D eigenvalue weighted by molar-refractivity contribution is 14.0. The molecular formula is C21H36IN3O2. The maximum absolute atomic E-state index is 5.94. The van der Waals surface area contributed by atoms with Crippen LogP contribution in [-0.4, -0.2) is 64.0 Å². The van der Waals surface area contributed by atoms with Crippen molar-refractivity contribution in [3.8, 4) is 0 Å². The van der Waals surface area contributed by atoms with Crippen molar-refractivity contribution in [3.63, 3.8) is 0 Å². The molecule has 27 heavy (non-hydrogen) atoms. The first-order chi connectivity index (χ1) is 12.6. The fraction of sp³-hybridized carbons (Fsp3) is 0.667. The predicted octanol–water partition coefficient (Wildman–Crippen LogP) is 3.56. The van der Waals surface area contributed by atoms with E-state index in [9.17, 15) is 0 Å². The number of aryl methyl sites for hydroxylation is 2. The molecule has 0 saturated carbocycles. The van der Waals surface area contributed by atoms with Crippen LogP contribution in [0.15, 0.2) is 23.2 Å². The summed E-state index contributed by atoms with van der Waals surface area (Å²) in [6.07, 6.45) is 4.48. The minimum atomic E-state index is 0. The van der Waals surface area contributed by atoms with Crippen LogP contribution in [0.5, 0.6) is 0 Å². The number of methoxy groups -OCH3 is 1. The second-order valence-electron chi connectivity index (χ2n) is 7.12. The summed E-state index contributed by atoms with van der Waals surface area (Å²) in [5.74, 6) is 1.01. The van der Waals surface area contributed by atoms with Gasteiger partial charge in [-0.3, -0.25) is 4.99 Å². The molecule has 0 amide bonds. The number of hydrogen-bond donors (Lipinski definition) is 1. The Morgan fingerprint density at radius 3 is 2.41 bits per heavy atom. The van der Waals surface area contributed by atoms with Crippen molar-refractivity contribution < 1.29 is 9.47 Å². The predicted molar refractivity (Wildman–Crippen MR) is 123 cm³/mol. The van der Waals surface area contributed by atoms with Gasteiger partial charge in [-0.25, -0.2) is 0 Å². The van der Waals surface area contributed by atoms with E-state index in [1.54, 1.807) is 7.11 Å². The van der Waals surface area contributed by atoms with Crippen LogP contribution >= 0.6 is 24.0 Å². The van der Waals surface area contributed by atoms with E-state index in [-0.39, 0.29) is 24.0 Å². The molecule has 154 valence electrons. The minimum Gasteiger partial charge on any atom is -0.385 e. The number of guanidine groups is 1. The van der Waals surface area contributed by atoms with E-state index >= 15 is 0 Å². The molecule has 1 heterocycles. The van der Waals surface area contributed by atoms with Gasteiger partial charge in [0, 0.05) is 47.0 Å². The van der Waals surface area contributed by atoms with Crippen molar-refractivity contribution >= 4 is 29.9 Å². The molecular weight excluding hydrogens is 453 g/mol. The minimum absolute atomic E-state index is 0. The van der Waals surface area contributed by atoms with Crippen LogP contribution in [0.3, 0.4) is 0 Å². The molecule has 0 aromatic heterocycles. The van der Waals surface area contributed by atoms with Crippen molar-refractivity contribution in [1.29, 1.82) is 0 Å². The maximum atomic E-state index is 5.94. The van der Waals surface area contributed by atoms with Crippen LogP contribution in [0.2, 0.25) is 0 Å². The molecule has 0 radical (unpaired) electrons. The van der Waals surface area contributed by atoms with Crippen LogP contribution in [0.25, 0.3) is 0 Å². The third kappa shape index (κ3) is 8.79. The van der Waals surface area contributed by atoms with Crippen molar-refractivity contribution in [3.05, 3.63) is 34.9 Å². The van der Waals surface area contributed by atoms with E-state index in [1.165, 1.54) is 16.7 Å². The molecule has 6 heteroatoms. The molecule has 1 aliphatic rings. The van der Waals surface area contributed by atoms with E-state index in [1.807, 2.05) is 7.05 Å². The molecule has 1 aromatic carbocycles. The molecule has 0 atom stereocenters. The normalized spacial score (nSPS) is 15.6. The van der Waals surface area contributed by atoms with Crippen molar-refractivity contribution in [2.45, 2.75) is 45.6 Å². The molecule has 5 nitrogen and oxygen atoms in total. The average molecular weight is 489 g/mol. The van der Waals surface area contributed by atoms with Gasteiger partial charge in [0.2, 0.25) is 0 Å². The van der Waals surface area contributed by atoms with E-state index < -0.39 is 0 Å². The molecule has 1 N–H and O–H groups in total. The number of ether oxygens (including phenoxy) is 2. The van der Waals surface area contributed by atoms with E-state index in [0.29, 0.717) is 6.10 Å². The quantitative estimate of drug-likeness (QED) is 0.263. The lowest BCUT2D eigenvalue weighted by atomic mass is 10.1. The smallest absolute Gasteiger partial charge is 0.193 e. The highest BCUT2D eigenvalue weighted by Gasteiger charge is 2.21. The summed E-state index contributed by atoms with van der Waals surface area (Å²) in [6.45, 7) is 8.78. The Morgan fingerprint density at radius 2 is 1.81 bits per heavy atom. The summed E-state index contributed by atoms with van der Waals surface area (Å²) >= 11 is 0. The molecule has 0 spiro atoms. The van der Waals surface area contributed by atoms with Crippen LogP contribution < -0.4 is 5.32 Å². The topological polar surface area (TPSA) is 46.1 Å². The summed E-state index contributed by atoms with van der Waals surface area (Å²) in [5, 5.41) is 3.52. The number of benzene rings is 1. The third-order valence-corrected chi connectivity index (χ3v) is 4.78. The number of hydrogen-bond acceptors (Lipinski definition) is 3. The summed E-state index contributed by atoms with van der Waals surface area (Å²) in [6, 6.07) is 6.76. The lowest BCUT2D eigenvalue weighted by Crippen LogP contribution is -2.47. The second-order valence-corrected chi connectivity index (χ2v) is 7.12. The third-order valence-electron chi connectivity index (χ3n) is 4.78. The highest BCUT2D eigenvalue weighted by Crippen LogP contribution is 2.14. The van der Waals surface area contributed by atoms with Gasteiger partial charge in [-0.2, -0.15) is 0 Å². The second kappa shape index (κ2) is 13.3. The first kappa shape index (κ1) is 24.2.